The molecular weight excluding hydrogens is 421 g/mol. The summed E-state index contributed by atoms with van der Waals surface area (Å²) in [5.41, 5.74) is 3.74. The SMILES string of the molecule is CNCCOc1ccc(-c2cc(N3CCC4(CN(C)C4)C3)c3cc(F)c(OC)cc3n2)cn1.[HH]. The summed E-state index contributed by atoms with van der Waals surface area (Å²) < 4.78 is 25.5. The standard InChI is InChI=1S/C25H30FN5O2.H2/c1-27-7-9-33-24-5-4-17(13-28-24)20-11-22(31-8-6-25(16-31)14-30(2)15-25)18-10-19(26)23(32-3)12-21(18)29-20;/h4-5,10-13,27H,6-9,14-16H2,1-3H3;1H. The third-order valence-electron chi connectivity index (χ3n) is 6.68. The third kappa shape index (κ3) is 4.20. The monoisotopic (exact) mass is 453 g/mol. The molecule has 1 aromatic carbocycles. The number of halogens is 1. The van der Waals surface area contributed by atoms with Gasteiger partial charge in [0.15, 0.2) is 11.6 Å². The number of hydrogen-bond acceptors (Lipinski definition) is 7. The summed E-state index contributed by atoms with van der Waals surface area (Å²) in [6.07, 6.45) is 2.93. The van der Waals surface area contributed by atoms with Crippen LogP contribution in [0.4, 0.5) is 10.1 Å². The van der Waals surface area contributed by atoms with Crippen LogP contribution in [0.25, 0.3) is 22.2 Å². The molecule has 1 N–H and O–H groups in total. The second-order valence-electron chi connectivity index (χ2n) is 9.21. The maximum atomic E-state index is 14.7. The zero-order chi connectivity index (χ0) is 23.0. The van der Waals surface area contributed by atoms with Crippen molar-refractivity contribution in [2.24, 2.45) is 5.41 Å². The second-order valence-corrected chi connectivity index (χ2v) is 9.21. The number of ether oxygens (including phenoxy) is 2. The predicted octanol–water partition coefficient (Wildman–Crippen LogP) is 3.43. The quantitative estimate of drug-likeness (QED) is 0.550. The maximum absolute atomic E-state index is 14.7. The summed E-state index contributed by atoms with van der Waals surface area (Å²) in [5.74, 6) is 0.403. The van der Waals surface area contributed by atoms with Gasteiger partial charge in [-0.1, -0.05) is 0 Å². The van der Waals surface area contributed by atoms with Crippen LogP contribution in [-0.2, 0) is 0 Å². The first kappa shape index (κ1) is 21.9. The van der Waals surface area contributed by atoms with Crippen LogP contribution in [0.2, 0.25) is 0 Å². The minimum absolute atomic E-state index is 0. The van der Waals surface area contributed by atoms with Crippen LogP contribution in [0.1, 0.15) is 7.85 Å². The molecule has 0 bridgehead atoms. The number of methoxy groups -OCH3 is 1. The zero-order valence-electron chi connectivity index (χ0n) is 19.4. The highest BCUT2D eigenvalue weighted by Crippen LogP contribution is 2.43. The molecule has 2 aromatic heterocycles. The van der Waals surface area contributed by atoms with Crippen molar-refractivity contribution < 1.29 is 15.3 Å². The van der Waals surface area contributed by atoms with Crippen molar-refractivity contribution in [3.05, 3.63) is 42.3 Å². The van der Waals surface area contributed by atoms with E-state index in [0.29, 0.717) is 23.4 Å². The Balaban J connectivity index is 0.00000274. The fourth-order valence-electron chi connectivity index (χ4n) is 5.15. The first-order valence-corrected chi connectivity index (χ1v) is 11.4. The lowest BCUT2D eigenvalue weighted by atomic mass is 9.79. The van der Waals surface area contributed by atoms with Crippen LogP contribution in [0.15, 0.2) is 36.5 Å². The zero-order valence-corrected chi connectivity index (χ0v) is 19.4. The molecule has 4 heterocycles. The minimum Gasteiger partial charge on any atom is -0.494 e. The molecule has 3 aromatic rings. The van der Waals surface area contributed by atoms with Crippen molar-refractivity contribution in [3.63, 3.8) is 0 Å². The summed E-state index contributed by atoms with van der Waals surface area (Å²) >= 11 is 0. The number of benzene rings is 1. The Morgan fingerprint density at radius 1 is 1.21 bits per heavy atom. The van der Waals surface area contributed by atoms with E-state index < -0.39 is 0 Å². The summed E-state index contributed by atoms with van der Waals surface area (Å²) in [6.45, 7) is 5.46. The van der Waals surface area contributed by atoms with Gasteiger partial charge in [-0.15, -0.1) is 0 Å². The van der Waals surface area contributed by atoms with E-state index in [4.69, 9.17) is 14.5 Å². The highest BCUT2D eigenvalue weighted by Gasteiger charge is 2.46. The Morgan fingerprint density at radius 2 is 2.06 bits per heavy atom. The normalized spacial score (nSPS) is 17.5. The number of anilines is 1. The number of fused-ring (bicyclic) bond motifs is 1. The molecule has 0 aliphatic carbocycles. The highest BCUT2D eigenvalue weighted by molar-refractivity contribution is 5.95. The summed E-state index contributed by atoms with van der Waals surface area (Å²) in [6, 6.07) is 9.12. The Morgan fingerprint density at radius 3 is 2.76 bits per heavy atom. The van der Waals surface area contributed by atoms with Crippen molar-refractivity contribution in [1.82, 2.24) is 20.2 Å². The molecule has 2 aliphatic rings. The van der Waals surface area contributed by atoms with Crippen molar-refractivity contribution in [3.8, 4) is 22.9 Å². The summed E-state index contributed by atoms with van der Waals surface area (Å²) in [5, 5.41) is 3.86. The molecular formula is C25H32FN5O2. The van der Waals surface area contributed by atoms with Crippen LogP contribution in [0, 0.1) is 11.2 Å². The number of likely N-dealkylation sites (tertiary alicyclic amines) is 1. The van der Waals surface area contributed by atoms with E-state index in [9.17, 15) is 4.39 Å². The van der Waals surface area contributed by atoms with E-state index in [-0.39, 0.29) is 13.0 Å². The fourth-order valence-corrected chi connectivity index (χ4v) is 5.15. The Labute approximate surface area is 195 Å². The number of pyridine rings is 2. The molecule has 0 amide bonds. The van der Waals surface area contributed by atoms with E-state index in [1.54, 1.807) is 18.3 Å². The number of nitrogens with zero attached hydrogens (tertiary/aromatic N) is 4. The molecule has 1 spiro atoms. The molecule has 2 fully saturated rings. The molecule has 0 atom stereocenters. The van der Waals surface area contributed by atoms with Gasteiger partial charge in [0, 0.05) is 74.5 Å². The van der Waals surface area contributed by atoms with Crippen LogP contribution in [-0.4, -0.2) is 75.4 Å². The fraction of sp³-hybridized carbons (Fsp3) is 0.440. The van der Waals surface area contributed by atoms with Gasteiger partial charge >= 0.3 is 0 Å². The van der Waals surface area contributed by atoms with Crippen LogP contribution in [0.3, 0.4) is 0 Å². The van der Waals surface area contributed by atoms with Gasteiger partial charge in [-0.05, 0) is 38.7 Å². The van der Waals surface area contributed by atoms with Crippen LogP contribution < -0.4 is 19.7 Å². The van der Waals surface area contributed by atoms with Gasteiger partial charge in [0.25, 0.3) is 0 Å². The molecule has 2 saturated heterocycles. The number of rotatable bonds is 7. The van der Waals surface area contributed by atoms with Crippen molar-refractivity contribution >= 4 is 16.6 Å². The van der Waals surface area contributed by atoms with Crippen LogP contribution >= 0.6 is 0 Å². The summed E-state index contributed by atoms with van der Waals surface area (Å²) in [4.78, 5) is 14.0. The van der Waals surface area contributed by atoms with Gasteiger partial charge in [-0.2, -0.15) is 0 Å². The average molecular weight is 454 g/mol. The molecule has 33 heavy (non-hydrogen) atoms. The third-order valence-corrected chi connectivity index (χ3v) is 6.68. The Hall–Kier alpha value is -2.97. The lowest BCUT2D eigenvalue weighted by molar-refractivity contribution is 0.0424. The van der Waals surface area contributed by atoms with E-state index >= 15 is 0 Å². The van der Waals surface area contributed by atoms with E-state index in [2.05, 4.69) is 33.2 Å². The van der Waals surface area contributed by atoms with Gasteiger partial charge in [0.1, 0.15) is 6.61 Å². The maximum Gasteiger partial charge on any atom is 0.213 e. The van der Waals surface area contributed by atoms with Gasteiger partial charge in [-0.25, -0.2) is 14.4 Å². The van der Waals surface area contributed by atoms with Gasteiger partial charge < -0.3 is 24.6 Å². The number of nitrogens with one attached hydrogen (secondary N) is 1. The molecule has 2 aliphatic heterocycles. The lowest BCUT2D eigenvalue weighted by Crippen LogP contribution is -2.55. The molecule has 176 valence electrons. The Bertz CT molecular complexity index is 1150. The second kappa shape index (κ2) is 8.76. The summed E-state index contributed by atoms with van der Waals surface area (Å²) in [7, 11) is 5.52. The van der Waals surface area contributed by atoms with Crippen molar-refractivity contribution in [2.75, 3.05) is 65.4 Å². The number of aromatic nitrogens is 2. The smallest absolute Gasteiger partial charge is 0.213 e. The molecule has 0 saturated carbocycles. The van der Waals surface area contributed by atoms with E-state index in [1.807, 2.05) is 19.2 Å². The minimum atomic E-state index is -0.372. The highest BCUT2D eigenvalue weighted by atomic mass is 19.1. The largest absolute Gasteiger partial charge is 0.494 e. The lowest BCUT2D eigenvalue weighted by Gasteiger charge is -2.46. The van der Waals surface area contributed by atoms with Gasteiger partial charge in [0.05, 0.1) is 18.3 Å². The first-order valence-electron chi connectivity index (χ1n) is 11.4. The van der Waals surface area contributed by atoms with E-state index in [0.717, 1.165) is 61.5 Å². The average Bonchev–Trinajstić information content (AvgIpc) is 3.23. The number of hydrogen-bond donors (Lipinski definition) is 1. The van der Waals surface area contributed by atoms with Crippen LogP contribution in [0.5, 0.6) is 11.6 Å². The van der Waals surface area contributed by atoms with Gasteiger partial charge in [-0.3, -0.25) is 0 Å². The van der Waals surface area contributed by atoms with Gasteiger partial charge in [0.2, 0.25) is 5.88 Å². The predicted molar refractivity (Wildman–Crippen MR) is 130 cm³/mol. The van der Waals surface area contributed by atoms with Crippen molar-refractivity contribution in [2.45, 2.75) is 6.42 Å². The topological polar surface area (TPSA) is 62.8 Å². The molecule has 0 unspecified atom stereocenters. The molecule has 7 nitrogen and oxygen atoms in total. The molecule has 8 heteroatoms. The molecule has 5 rings (SSSR count). The first-order chi connectivity index (χ1) is 16.0. The Kier molecular flexibility index (Phi) is 5.80. The number of likely N-dealkylation sites (N-methyl/N-ethyl adjacent to an activating group) is 1. The molecule has 0 radical (unpaired) electrons. The van der Waals surface area contributed by atoms with Crippen molar-refractivity contribution in [1.29, 1.82) is 0 Å². The van der Waals surface area contributed by atoms with E-state index in [1.165, 1.54) is 7.11 Å².